The molecule has 174 valence electrons. The average Bonchev–Trinajstić information content (AvgIpc) is 3.15. The number of rotatable bonds is 3. The Morgan fingerprint density at radius 1 is 1.12 bits per heavy atom. The van der Waals surface area contributed by atoms with Crippen molar-refractivity contribution in [2.24, 2.45) is 11.6 Å². The third kappa shape index (κ3) is 4.56. The first kappa shape index (κ1) is 23.6. The molecule has 2 heterocycles. The molecule has 3 amide bonds. The van der Waals surface area contributed by atoms with E-state index in [1.807, 2.05) is 0 Å². The number of para-hydroxylation sites is 2. The van der Waals surface area contributed by atoms with Gasteiger partial charge in [0.05, 0.1) is 26.9 Å². The highest BCUT2D eigenvalue weighted by Crippen LogP contribution is 2.35. The Hall–Kier alpha value is -5.11. The molecule has 0 unspecified atom stereocenters. The maximum atomic E-state index is 12.5. The number of hydrogen-bond donors (Lipinski definition) is 5. The van der Waals surface area contributed by atoms with E-state index < -0.39 is 34.1 Å². The third-order valence-electron chi connectivity index (χ3n) is 4.60. The number of nitrogens with two attached hydrogens (primary N) is 2. The molecule has 4 aromatic rings. The van der Waals surface area contributed by atoms with Crippen molar-refractivity contribution in [1.82, 2.24) is 20.0 Å². The van der Waals surface area contributed by atoms with Gasteiger partial charge < -0.3 is 20.8 Å². The number of amides is 3. The lowest BCUT2D eigenvalue weighted by Gasteiger charge is -2.11. The molecule has 0 saturated carbocycles. The number of imide groups is 1. The van der Waals surface area contributed by atoms with Crippen molar-refractivity contribution in [3.8, 4) is 11.4 Å². The normalized spacial score (nSPS) is 10.4. The van der Waals surface area contributed by atoms with E-state index in [0.717, 1.165) is 6.92 Å². The summed E-state index contributed by atoms with van der Waals surface area (Å²) >= 11 is 0. The summed E-state index contributed by atoms with van der Waals surface area (Å²) < 4.78 is 0. The third-order valence-corrected chi connectivity index (χ3v) is 4.60. The van der Waals surface area contributed by atoms with Gasteiger partial charge in [-0.1, -0.05) is 12.1 Å². The van der Waals surface area contributed by atoms with Gasteiger partial charge in [-0.15, -0.1) is 0 Å². The first-order valence-electron chi connectivity index (χ1n) is 9.39. The van der Waals surface area contributed by atoms with Crippen LogP contribution in [0.1, 0.15) is 17.3 Å². The van der Waals surface area contributed by atoms with Crippen LogP contribution in [-0.2, 0) is 4.79 Å². The van der Waals surface area contributed by atoms with Gasteiger partial charge in [0.1, 0.15) is 5.69 Å². The van der Waals surface area contributed by atoms with Crippen LogP contribution >= 0.6 is 0 Å². The lowest BCUT2D eigenvalue weighted by atomic mass is 10.1. The van der Waals surface area contributed by atoms with E-state index in [-0.39, 0.29) is 22.3 Å². The Kier molecular flexibility index (Phi) is 6.35. The molecule has 0 radical (unpaired) electrons. The van der Waals surface area contributed by atoms with E-state index in [9.17, 15) is 24.5 Å². The lowest BCUT2D eigenvalue weighted by Crippen LogP contribution is -2.41. The van der Waals surface area contributed by atoms with Gasteiger partial charge in [0.2, 0.25) is 5.91 Å². The molecule has 0 aliphatic rings. The van der Waals surface area contributed by atoms with Crippen LogP contribution in [-0.4, -0.2) is 47.9 Å². The second-order valence-corrected chi connectivity index (χ2v) is 6.83. The highest BCUT2D eigenvalue weighted by atomic mass is 16.6. The van der Waals surface area contributed by atoms with Crippen LogP contribution in [0.4, 0.5) is 10.5 Å². The SMILES string of the molecule is CC(=O)N(N)C(=O)c1ccc2[nH]c(-c3nc4ccccc4[nH]c3=O)c([N+](=O)[O-])c2c1.NC(=O)O. The van der Waals surface area contributed by atoms with Crippen molar-refractivity contribution in [3.05, 3.63) is 68.5 Å². The van der Waals surface area contributed by atoms with Crippen LogP contribution in [0.15, 0.2) is 47.3 Å². The van der Waals surface area contributed by atoms with E-state index in [1.54, 1.807) is 24.3 Å². The van der Waals surface area contributed by atoms with Crippen LogP contribution in [0.5, 0.6) is 0 Å². The fourth-order valence-electron chi connectivity index (χ4n) is 3.15. The summed E-state index contributed by atoms with van der Waals surface area (Å²) in [5.74, 6) is 3.94. The summed E-state index contributed by atoms with van der Waals surface area (Å²) in [4.78, 5) is 65.9. The molecule has 4 rings (SSSR count). The minimum absolute atomic E-state index is 0.0192. The first-order chi connectivity index (χ1) is 16.0. The number of nitro groups is 1. The zero-order valence-electron chi connectivity index (χ0n) is 17.4. The van der Waals surface area contributed by atoms with Crippen LogP contribution < -0.4 is 17.1 Å². The molecule has 14 nitrogen and oxygen atoms in total. The number of H-pyrrole nitrogens is 2. The molecular formula is C20H17N7O7. The fraction of sp³-hybridized carbons (Fsp3) is 0.0500. The second-order valence-electron chi connectivity index (χ2n) is 6.83. The van der Waals surface area contributed by atoms with Gasteiger partial charge in [-0.05, 0) is 30.3 Å². The monoisotopic (exact) mass is 467 g/mol. The van der Waals surface area contributed by atoms with Gasteiger partial charge in [-0.2, -0.15) is 0 Å². The highest BCUT2D eigenvalue weighted by molar-refractivity contribution is 6.07. The Balaban J connectivity index is 0.000000751. The van der Waals surface area contributed by atoms with Crippen LogP contribution in [0.25, 0.3) is 33.3 Å². The molecular weight excluding hydrogens is 450 g/mol. The Morgan fingerprint density at radius 2 is 1.76 bits per heavy atom. The molecule has 0 bridgehead atoms. The minimum atomic E-state index is -1.33. The summed E-state index contributed by atoms with van der Waals surface area (Å²) in [6.07, 6.45) is -1.33. The molecule has 0 aliphatic heterocycles. The van der Waals surface area contributed by atoms with E-state index >= 15 is 0 Å². The summed E-state index contributed by atoms with van der Waals surface area (Å²) in [6.45, 7) is 1.12. The Morgan fingerprint density at radius 3 is 2.38 bits per heavy atom. The number of aromatic nitrogens is 3. The Labute approximate surface area is 188 Å². The molecule has 34 heavy (non-hydrogen) atoms. The summed E-state index contributed by atoms with van der Waals surface area (Å²) in [5, 5.41) is 19.5. The zero-order valence-corrected chi connectivity index (χ0v) is 17.4. The van der Waals surface area contributed by atoms with Crippen LogP contribution in [0.3, 0.4) is 0 Å². The number of carbonyl (C=O) groups excluding carboxylic acids is 2. The number of carboxylic acid groups (broad SMARTS) is 1. The van der Waals surface area contributed by atoms with Crippen molar-refractivity contribution in [2.45, 2.75) is 6.92 Å². The summed E-state index contributed by atoms with van der Waals surface area (Å²) in [6, 6.07) is 10.8. The summed E-state index contributed by atoms with van der Waals surface area (Å²) in [7, 11) is 0. The molecule has 0 atom stereocenters. The number of hydrazine groups is 1. The van der Waals surface area contributed by atoms with E-state index in [4.69, 9.17) is 15.7 Å². The zero-order chi connectivity index (χ0) is 25.2. The van der Waals surface area contributed by atoms with Crippen molar-refractivity contribution in [2.75, 3.05) is 0 Å². The molecule has 0 spiro atoms. The molecule has 2 aromatic heterocycles. The fourth-order valence-corrected chi connectivity index (χ4v) is 3.15. The van der Waals surface area contributed by atoms with Gasteiger partial charge in [-0.25, -0.2) is 20.6 Å². The molecule has 0 aliphatic carbocycles. The second kappa shape index (κ2) is 9.17. The number of primary amides is 1. The molecule has 2 aromatic carbocycles. The molecule has 0 fully saturated rings. The van der Waals surface area contributed by atoms with Crippen LogP contribution in [0.2, 0.25) is 0 Å². The van der Waals surface area contributed by atoms with Crippen molar-refractivity contribution in [3.63, 3.8) is 0 Å². The minimum Gasteiger partial charge on any atom is -0.465 e. The number of aromatic amines is 2. The highest BCUT2D eigenvalue weighted by Gasteiger charge is 2.27. The van der Waals surface area contributed by atoms with Gasteiger partial charge in [-0.3, -0.25) is 24.5 Å². The van der Waals surface area contributed by atoms with Gasteiger partial charge in [0.15, 0.2) is 5.69 Å². The smallest absolute Gasteiger partial charge is 0.402 e. The molecule has 0 saturated heterocycles. The number of fused-ring (bicyclic) bond motifs is 2. The number of hydrogen-bond acceptors (Lipinski definition) is 8. The maximum absolute atomic E-state index is 12.5. The standard InChI is InChI=1S/C19H14N6O5.CH3NO2/c1-9(26)24(20)19(28)10-6-7-12-11(8-10)17(25(29)30)15(21-12)16-18(27)23-14-5-3-2-4-13(14)22-16;2-1(3)4/h2-8,21H,20H2,1H3,(H,23,27);2H2,(H,3,4). The quantitative estimate of drug-likeness (QED) is 0.127. The largest absolute Gasteiger partial charge is 0.465 e. The van der Waals surface area contributed by atoms with E-state index in [2.05, 4.69) is 20.7 Å². The van der Waals surface area contributed by atoms with Crippen molar-refractivity contribution >= 4 is 45.5 Å². The lowest BCUT2D eigenvalue weighted by molar-refractivity contribution is -0.382. The van der Waals surface area contributed by atoms with Crippen molar-refractivity contribution < 1.29 is 24.4 Å². The predicted octanol–water partition coefficient (Wildman–Crippen LogP) is 1.47. The van der Waals surface area contributed by atoms with E-state index in [0.29, 0.717) is 21.6 Å². The van der Waals surface area contributed by atoms with Gasteiger partial charge in [0.25, 0.3) is 11.5 Å². The number of carbonyl (C=O) groups is 3. The van der Waals surface area contributed by atoms with Crippen LogP contribution in [0, 0.1) is 10.1 Å². The molecule has 7 N–H and O–H groups in total. The predicted molar refractivity (Wildman–Crippen MR) is 120 cm³/mol. The first-order valence-corrected chi connectivity index (χ1v) is 9.39. The van der Waals surface area contributed by atoms with E-state index in [1.165, 1.54) is 18.2 Å². The molecule has 14 heteroatoms. The topological polar surface area (TPSA) is 231 Å². The van der Waals surface area contributed by atoms with Crippen molar-refractivity contribution in [1.29, 1.82) is 0 Å². The Bertz CT molecular complexity index is 1520. The van der Waals surface area contributed by atoms with Gasteiger partial charge >= 0.3 is 11.8 Å². The summed E-state index contributed by atoms with van der Waals surface area (Å²) in [5.41, 5.74) is 3.99. The maximum Gasteiger partial charge on any atom is 0.402 e. The van der Waals surface area contributed by atoms with Gasteiger partial charge in [0, 0.05) is 12.5 Å². The number of nitrogens with zero attached hydrogens (tertiary/aromatic N) is 3. The number of benzene rings is 2. The average molecular weight is 467 g/mol. The number of nitrogens with one attached hydrogen (secondary N) is 2.